The molecular weight excluding hydrogens is 474 g/mol. The maximum absolute atomic E-state index is 12.6. The number of nitrogens with zero attached hydrogens (tertiary/aromatic N) is 6. The topological polar surface area (TPSA) is 139 Å². The fourth-order valence-electron chi connectivity index (χ4n) is 3.90. The molecule has 2 N–H and O–H groups in total. The molecular formula is C23H26ClN7O4. The van der Waals surface area contributed by atoms with Crippen LogP contribution in [0.4, 0.5) is 5.82 Å². The van der Waals surface area contributed by atoms with Gasteiger partial charge in [0.1, 0.15) is 17.1 Å². The second-order valence-corrected chi connectivity index (χ2v) is 8.56. The normalized spacial score (nSPS) is 12.3. The molecule has 4 heterocycles. The lowest BCUT2D eigenvalue weighted by molar-refractivity contribution is -0.147. The van der Waals surface area contributed by atoms with Gasteiger partial charge in [-0.15, -0.1) is 0 Å². The number of ether oxygens (including phenoxy) is 2. The zero-order chi connectivity index (χ0) is 25.3. The van der Waals surface area contributed by atoms with Crippen LogP contribution in [0.3, 0.4) is 0 Å². The van der Waals surface area contributed by atoms with Gasteiger partial charge in [0, 0.05) is 41.1 Å². The number of nitrogen functional groups attached to an aromatic ring is 1. The number of anilines is 1. The number of aryl methyl sites for hydroxylation is 2. The van der Waals surface area contributed by atoms with Crippen LogP contribution in [0.1, 0.15) is 42.1 Å². The second kappa shape index (κ2) is 9.87. The average Bonchev–Trinajstić information content (AvgIpc) is 3.41. The van der Waals surface area contributed by atoms with E-state index in [1.807, 2.05) is 0 Å². The molecule has 0 aliphatic carbocycles. The predicted octanol–water partition coefficient (Wildman–Crippen LogP) is 2.45. The fraction of sp³-hybridized carbons (Fsp3) is 0.391. The van der Waals surface area contributed by atoms with Crippen molar-refractivity contribution in [2.75, 3.05) is 12.3 Å². The minimum Gasteiger partial charge on any atom is -0.466 e. The highest BCUT2D eigenvalue weighted by molar-refractivity contribution is 6.30. The summed E-state index contributed by atoms with van der Waals surface area (Å²) in [6, 6.07) is 3.51. The molecule has 12 heteroatoms. The Morgan fingerprint density at radius 1 is 1.09 bits per heavy atom. The van der Waals surface area contributed by atoms with Gasteiger partial charge in [-0.05, 0) is 27.7 Å². The number of hydrogen-bond donors (Lipinski definition) is 1. The predicted molar refractivity (Wildman–Crippen MR) is 128 cm³/mol. The van der Waals surface area contributed by atoms with Crippen molar-refractivity contribution in [1.29, 1.82) is 0 Å². The molecule has 4 aromatic rings. The van der Waals surface area contributed by atoms with Gasteiger partial charge in [0.05, 0.1) is 31.3 Å². The summed E-state index contributed by atoms with van der Waals surface area (Å²) >= 11 is 6.52. The van der Waals surface area contributed by atoms with Crippen LogP contribution < -0.4 is 5.73 Å². The highest BCUT2D eigenvalue weighted by Crippen LogP contribution is 2.23. The number of carbonyl (C=O) groups excluding carboxylic acids is 2. The Labute approximate surface area is 206 Å². The van der Waals surface area contributed by atoms with Gasteiger partial charge < -0.3 is 15.2 Å². The second-order valence-electron chi connectivity index (χ2n) is 8.20. The quantitative estimate of drug-likeness (QED) is 0.286. The first-order chi connectivity index (χ1) is 16.7. The Balaban J connectivity index is 1.46. The minimum atomic E-state index is -0.464. The van der Waals surface area contributed by atoms with Gasteiger partial charge in [0.15, 0.2) is 11.3 Å². The van der Waals surface area contributed by atoms with Crippen molar-refractivity contribution in [1.82, 2.24) is 29.2 Å². The van der Waals surface area contributed by atoms with Gasteiger partial charge >= 0.3 is 11.9 Å². The van der Waals surface area contributed by atoms with Crippen molar-refractivity contribution in [2.45, 2.75) is 53.1 Å². The van der Waals surface area contributed by atoms with E-state index in [0.717, 1.165) is 0 Å². The maximum atomic E-state index is 12.6. The van der Waals surface area contributed by atoms with E-state index in [4.69, 9.17) is 26.8 Å². The van der Waals surface area contributed by atoms with E-state index in [9.17, 15) is 9.59 Å². The molecule has 0 amide bonds. The molecule has 184 valence electrons. The molecule has 0 aliphatic heterocycles. The van der Waals surface area contributed by atoms with Gasteiger partial charge in [-0.2, -0.15) is 14.7 Å². The molecule has 0 aromatic carbocycles. The first-order valence-corrected chi connectivity index (χ1v) is 11.5. The first-order valence-electron chi connectivity index (χ1n) is 11.1. The summed E-state index contributed by atoms with van der Waals surface area (Å²) in [7, 11) is 0. The summed E-state index contributed by atoms with van der Waals surface area (Å²) in [5.41, 5.74) is 10.4. The molecule has 0 unspecified atom stereocenters. The van der Waals surface area contributed by atoms with Gasteiger partial charge in [-0.1, -0.05) is 11.6 Å². The van der Waals surface area contributed by atoms with Crippen LogP contribution in [-0.4, -0.2) is 53.8 Å². The maximum Gasteiger partial charge on any atom is 0.310 e. The van der Waals surface area contributed by atoms with Crippen molar-refractivity contribution in [3.05, 3.63) is 51.7 Å². The third kappa shape index (κ3) is 5.04. The number of fused-ring (bicyclic) bond motifs is 2. The van der Waals surface area contributed by atoms with E-state index in [-0.39, 0.29) is 25.4 Å². The van der Waals surface area contributed by atoms with Gasteiger partial charge in [-0.25, -0.2) is 14.5 Å². The van der Waals surface area contributed by atoms with Crippen LogP contribution in [0.25, 0.3) is 11.3 Å². The third-order valence-corrected chi connectivity index (χ3v) is 5.94. The lowest BCUT2D eigenvalue weighted by Crippen LogP contribution is -2.21. The van der Waals surface area contributed by atoms with E-state index in [2.05, 4.69) is 20.2 Å². The van der Waals surface area contributed by atoms with E-state index in [1.54, 1.807) is 46.0 Å². The molecule has 0 saturated heterocycles. The Bertz CT molecular complexity index is 1430. The van der Waals surface area contributed by atoms with E-state index >= 15 is 0 Å². The van der Waals surface area contributed by atoms with Crippen LogP contribution in [-0.2, 0) is 38.3 Å². The highest BCUT2D eigenvalue weighted by atomic mass is 35.5. The number of esters is 2. The summed E-state index contributed by atoms with van der Waals surface area (Å²) < 4.78 is 13.6. The molecule has 0 aliphatic rings. The standard InChI is InChI=1S/C23H26ClN7O4/c1-5-34-20(32)10-16-13(3)28-19-9-15(29-30(19)22(16)24)8-12(2)35-21(33)11-17-14(4)27-18-6-7-26-31(18)23(17)25/h6-7,9,12H,5,8,10-11,25H2,1-4H3/t12-/m0/s1. The number of aromatic nitrogens is 6. The summed E-state index contributed by atoms with van der Waals surface area (Å²) in [6.45, 7) is 7.38. The first kappa shape index (κ1) is 24.4. The van der Waals surface area contributed by atoms with Gasteiger partial charge in [0.2, 0.25) is 0 Å². The Hall–Kier alpha value is -3.73. The SMILES string of the molecule is CCOC(=O)Cc1c(C)nc2cc(C[C@H](C)OC(=O)Cc3c(C)nc4ccnn4c3N)nn2c1Cl. The lowest BCUT2D eigenvalue weighted by atomic mass is 10.1. The number of hydrogen-bond acceptors (Lipinski definition) is 9. The van der Waals surface area contributed by atoms with Crippen LogP contribution >= 0.6 is 11.6 Å². The summed E-state index contributed by atoms with van der Waals surface area (Å²) in [4.78, 5) is 33.5. The van der Waals surface area contributed by atoms with Crippen LogP contribution in [0.2, 0.25) is 5.15 Å². The van der Waals surface area contributed by atoms with E-state index in [0.29, 0.717) is 56.9 Å². The number of nitrogens with two attached hydrogens (primary N) is 1. The van der Waals surface area contributed by atoms with Crippen molar-refractivity contribution in [2.24, 2.45) is 0 Å². The van der Waals surface area contributed by atoms with Gasteiger partial charge in [-0.3, -0.25) is 9.59 Å². The third-order valence-electron chi connectivity index (χ3n) is 5.55. The molecule has 0 saturated carbocycles. The summed E-state index contributed by atoms with van der Waals surface area (Å²) in [5.74, 6) is -0.463. The molecule has 4 rings (SSSR count). The van der Waals surface area contributed by atoms with Crippen LogP contribution in [0.15, 0.2) is 18.3 Å². The lowest BCUT2D eigenvalue weighted by Gasteiger charge is -2.14. The minimum absolute atomic E-state index is 0.00633. The highest BCUT2D eigenvalue weighted by Gasteiger charge is 2.20. The molecule has 0 fully saturated rings. The smallest absolute Gasteiger partial charge is 0.310 e. The zero-order valence-corrected chi connectivity index (χ0v) is 20.7. The van der Waals surface area contributed by atoms with Crippen molar-refractivity contribution in [3.8, 4) is 0 Å². The number of halogens is 1. The molecule has 1 atom stereocenters. The molecule has 4 aromatic heterocycles. The molecule has 0 spiro atoms. The molecule has 35 heavy (non-hydrogen) atoms. The van der Waals surface area contributed by atoms with Crippen molar-refractivity contribution in [3.63, 3.8) is 0 Å². The molecule has 11 nitrogen and oxygen atoms in total. The Kier molecular flexibility index (Phi) is 6.88. The Morgan fingerprint density at radius 3 is 2.51 bits per heavy atom. The Morgan fingerprint density at radius 2 is 1.77 bits per heavy atom. The van der Waals surface area contributed by atoms with Crippen molar-refractivity contribution >= 4 is 40.7 Å². The van der Waals surface area contributed by atoms with Gasteiger partial charge in [0.25, 0.3) is 0 Å². The number of rotatable bonds is 8. The zero-order valence-electron chi connectivity index (χ0n) is 19.9. The van der Waals surface area contributed by atoms with E-state index < -0.39 is 12.1 Å². The fourth-order valence-corrected chi connectivity index (χ4v) is 4.23. The van der Waals surface area contributed by atoms with E-state index in [1.165, 1.54) is 9.03 Å². The van der Waals surface area contributed by atoms with Crippen LogP contribution in [0, 0.1) is 13.8 Å². The number of carbonyl (C=O) groups is 2. The monoisotopic (exact) mass is 499 g/mol. The van der Waals surface area contributed by atoms with Crippen molar-refractivity contribution < 1.29 is 19.1 Å². The largest absolute Gasteiger partial charge is 0.466 e. The summed E-state index contributed by atoms with van der Waals surface area (Å²) in [6.07, 6.45) is 1.46. The summed E-state index contributed by atoms with van der Waals surface area (Å²) in [5, 5.41) is 8.92. The average molecular weight is 500 g/mol. The van der Waals surface area contributed by atoms with Crippen LogP contribution in [0.5, 0.6) is 0 Å². The molecule has 0 radical (unpaired) electrons. The molecule has 0 bridgehead atoms.